The van der Waals surface area contributed by atoms with Gasteiger partial charge in [0.05, 0.1) is 18.9 Å². The van der Waals surface area contributed by atoms with Crippen molar-refractivity contribution in [1.82, 2.24) is 4.90 Å². The molecular weight excluding hydrogens is 256 g/mol. The predicted molar refractivity (Wildman–Crippen MR) is 79.5 cm³/mol. The van der Waals surface area contributed by atoms with Gasteiger partial charge in [0.15, 0.2) is 0 Å². The van der Waals surface area contributed by atoms with Gasteiger partial charge < -0.3 is 19.5 Å². The SMILES string of the molecule is COCCN(CCOC)Cc1cccc2c1OCCN2. The third-order valence-electron chi connectivity index (χ3n) is 3.38. The van der Waals surface area contributed by atoms with E-state index in [0.717, 1.165) is 57.4 Å². The molecule has 0 spiro atoms. The van der Waals surface area contributed by atoms with Gasteiger partial charge in [0.25, 0.3) is 0 Å². The summed E-state index contributed by atoms with van der Waals surface area (Å²) in [6, 6.07) is 6.26. The second kappa shape index (κ2) is 8.09. The zero-order chi connectivity index (χ0) is 14.2. The molecule has 0 amide bonds. The summed E-state index contributed by atoms with van der Waals surface area (Å²) in [5, 5.41) is 3.37. The Morgan fingerprint density at radius 2 is 1.95 bits per heavy atom. The van der Waals surface area contributed by atoms with Gasteiger partial charge in [-0.2, -0.15) is 0 Å². The summed E-state index contributed by atoms with van der Waals surface area (Å²) in [5.41, 5.74) is 2.30. The molecule has 1 aliphatic heterocycles. The van der Waals surface area contributed by atoms with Gasteiger partial charge in [0.2, 0.25) is 0 Å². The lowest BCUT2D eigenvalue weighted by molar-refractivity contribution is 0.109. The minimum absolute atomic E-state index is 0.720. The number of hydrogen-bond donors (Lipinski definition) is 1. The zero-order valence-electron chi connectivity index (χ0n) is 12.4. The molecule has 20 heavy (non-hydrogen) atoms. The van der Waals surface area contributed by atoms with Crippen LogP contribution in [-0.2, 0) is 16.0 Å². The van der Waals surface area contributed by atoms with Crippen LogP contribution in [0.3, 0.4) is 0 Å². The van der Waals surface area contributed by atoms with E-state index in [1.807, 2.05) is 0 Å². The van der Waals surface area contributed by atoms with Crippen molar-refractivity contribution < 1.29 is 14.2 Å². The van der Waals surface area contributed by atoms with Gasteiger partial charge in [-0.15, -0.1) is 0 Å². The van der Waals surface area contributed by atoms with Gasteiger partial charge in [-0.25, -0.2) is 0 Å². The summed E-state index contributed by atoms with van der Waals surface area (Å²) in [6.45, 7) is 5.65. The molecule has 0 aliphatic carbocycles. The Kier molecular flexibility index (Phi) is 6.11. The minimum Gasteiger partial charge on any atom is -0.489 e. The van der Waals surface area contributed by atoms with E-state index in [4.69, 9.17) is 14.2 Å². The van der Waals surface area contributed by atoms with E-state index >= 15 is 0 Å². The number of methoxy groups -OCH3 is 2. The zero-order valence-corrected chi connectivity index (χ0v) is 12.4. The Hall–Kier alpha value is -1.30. The van der Waals surface area contributed by atoms with Crippen molar-refractivity contribution in [3.05, 3.63) is 23.8 Å². The fourth-order valence-electron chi connectivity index (χ4n) is 2.31. The monoisotopic (exact) mass is 280 g/mol. The Morgan fingerprint density at radius 3 is 2.65 bits per heavy atom. The summed E-state index contributed by atoms with van der Waals surface area (Å²) in [6.07, 6.45) is 0. The number of fused-ring (bicyclic) bond motifs is 1. The summed E-state index contributed by atoms with van der Waals surface area (Å²) in [4.78, 5) is 2.32. The molecule has 1 aromatic rings. The van der Waals surface area contributed by atoms with Crippen LogP contribution in [0.2, 0.25) is 0 Å². The Morgan fingerprint density at radius 1 is 1.20 bits per heavy atom. The van der Waals surface area contributed by atoms with Crippen molar-refractivity contribution in [2.75, 3.05) is 59.0 Å². The number of ether oxygens (including phenoxy) is 3. The predicted octanol–water partition coefficient (Wildman–Crippen LogP) is 1.59. The molecule has 0 bridgehead atoms. The lowest BCUT2D eigenvalue weighted by Crippen LogP contribution is -2.31. The molecule has 0 atom stereocenters. The molecule has 0 aromatic heterocycles. The third kappa shape index (κ3) is 4.10. The summed E-state index contributed by atoms with van der Waals surface area (Å²) >= 11 is 0. The van der Waals surface area contributed by atoms with Crippen LogP contribution in [0.25, 0.3) is 0 Å². The number of rotatable bonds is 8. The highest BCUT2D eigenvalue weighted by Gasteiger charge is 2.16. The second-order valence-electron chi connectivity index (χ2n) is 4.83. The highest BCUT2D eigenvalue weighted by Crippen LogP contribution is 2.31. The third-order valence-corrected chi connectivity index (χ3v) is 3.38. The summed E-state index contributed by atoms with van der Waals surface area (Å²) in [7, 11) is 3.46. The first kappa shape index (κ1) is 15.1. The Labute approximate surface area is 120 Å². The van der Waals surface area contributed by atoms with Gasteiger partial charge >= 0.3 is 0 Å². The van der Waals surface area contributed by atoms with Gasteiger partial charge in [-0.05, 0) is 6.07 Å². The first-order valence-corrected chi connectivity index (χ1v) is 7.04. The maximum Gasteiger partial charge on any atom is 0.146 e. The molecule has 0 radical (unpaired) electrons. The van der Waals surface area contributed by atoms with Crippen LogP contribution in [0.15, 0.2) is 18.2 Å². The van der Waals surface area contributed by atoms with Crippen molar-refractivity contribution in [2.45, 2.75) is 6.54 Å². The number of hydrogen-bond acceptors (Lipinski definition) is 5. The van der Waals surface area contributed by atoms with Crippen molar-refractivity contribution in [1.29, 1.82) is 0 Å². The molecule has 0 saturated carbocycles. The molecule has 112 valence electrons. The van der Waals surface area contributed by atoms with Crippen molar-refractivity contribution in [2.24, 2.45) is 0 Å². The maximum absolute atomic E-state index is 5.81. The highest BCUT2D eigenvalue weighted by atomic mass is 16.5. The molecule has 5 nitrogen and oxygen atoms in total. The quantitative estimate of drug-likeness (QED) is 0.783. The van der Waals surface area contributed by atoms with E-state index in [9.17, 15) is 0 Å². The average molecular weight is 280 g/mol. The molecule has 5 heteroatoms. The topological polar surface area (TPSA) is 43.0 Å². The Bertz CT molecular complexity index is 404. The largest absolute Gasteiger partial charge is 0.489 e. The van der Waals surface area contributed by atoms with E-state index in [2.05, 4.69) is 28.4 Å². The molecular formula is C15H24N2O3. The summed E-state index contributed by atoms with van der Waals surface area (Å²) < 4.78 is 16.2. The minimum atomic E-state index is 0.720. The number of anilines is 1. The standard InChI is InChI=1S/C15H24N2O3/c1-18-10-7-17(8-11-19-2)12-13-4-3-5-14-15(13)20-9-6-16-14/h3-5,16H,6-12H2,1-2H3. The van der Waals surface area contributed by atoms with E-state index in [-0.39, 0.29) is 0 Å². The van der Waals surface area contributed by atoms with Gasteiger partial charge in [-0.3, -0.25) is 4.90 Å². The first-order chi connectivity index (χ1) is 9.85. The normalized spacial score (nSPS) is 13.8. The lowest BCUT2D eigenvalue weighted by Gasteiger charge is -2.26. The van der Waals surface area contributed by atoms with Crippen LogP contribution in [-0.4, -0.2) is 58.6 Å². The van der Waals surface area contributed by atoms with E-state index < -0.39 is 0 Å². The Balaban J connectivity index is 2.05. The molecule has 1 N–H and O–H groups in total. The highest BCUT2D eigenvalue weighted by molar-refractivity contribution is 5.61. The average Bonchev–Trinajstić information content (AvgIpc) is 2.50. The maximum atomic E-state index is 5.81. The number of benzene rings is 1. The van der Waals surface area contributed by atoms with Crippen LogP contribution < -0.4 is 10.1 Å². The molecule has 1 heterocycles. The lowest BCUT2D eigenvalue weighted by atomic mass is 10.1. The number of nitrogens with zero attached hydrogens (tertiary/aromatic N) is 1. The molecule has 2 rings (SSSR count). The van der Waals surface area contributed by atoms with Gasteiger partial charge in [-0.1, -0.05) is 12.1 Å². The van der Waals surface area contributed by atoms with Gasteiger partial charge in [0, 0.05) is 46.0 Å². The van der Waals surface area contributed by atoms with E-state index in [1.54, 1.807) is 14.2 Å². The molecule has 0 saturated heterocycles. The van der Waals surface area contributed by atoms with E-state index in [0.29, 0.717) is 0 Å². The smallest absolute Gasteiger partial charge is 0.146 e. The molecule has 1 aliphatic rings. The van der Waals surface area contributed by atoms with Crippen LogP contribution in [0.1, 0.15) is 5.56 Å². The van der Waals surface area contributed by atoms with Crippen LogP contribution in [0.4, 0.5) is 5.69 Å². The first-order valence-electron chi connectivity index (χ1n) is 7.04. The van der Waals surface area contributed by atoms with Gasteiger partial charge in [0.1, 0.15) is 12.4 Å². The van der Waals surface area contributed by atoms with Crippen molar-refractivity contribution >= 4 is 5.69 Å². The van der Waals surface area contributed by atoms with Crippen LogP contribution in [0, 0.1) is 0 Å². The molecule has 1 aromatic carbocycles. The van der Waals surface area contributed by atoms with Crippen molar-refractivity contribution in [3.8, 4) is 5.75 Å². The number of nitrogens with one attached hydrogen (secondary N) is 1. The summed E-state index contributed by atoms with van der Waals surface area (Å²) in [5.74, 6) is 0.985. The van der Waals surface area contributed by atoms with Crippen molar-refractivity contribution in [3.63, 3.8) is 0 Å². The van der Waals surface area contributed by atoms with E-state index in [1.165, 1.54) is 5.56 Å². The second-order valence-corrected chi connectivity index (χ2v) is 4.83. The number of para-hydroxylation sites is 1. The van der Waals surface area contributed by atoms with Crippen LogP contribution in [0.5, 0.6) is 5.75 Å². The fourth-order valence-corrected chi connectivity index (χ4v) is 2.31. The fraction of sp³-hybridized carbons (Fsp3) is 0.600. The van der Waals surface area contributed by atoms with Crippen LogP contribution >= 0.6 is 0 Å². The molecule has 0 unspecified atom stereocenters. The molecule has 0 fully saturated rings.